The van der Waals surface area contributed by atoms with Gasteiger partial charge in [-0.25, -0.2) is 9.78 Å². The van der Waals surface area contributed by atoms with Gasteiger partial charge >= 0.3 is 5.97 Å². The van der Waals surface area contributed by atoms with E-state index in [-0.39, 0.29) is 18.9 Å². The maximum absolute atomic E-state index is 12.5. The van der Waals surface area contributed by atoms with Crippen molar-refractivity contribution in [3.8, 4) is 0 Å². The molecule has 1 aromatic rings. The molecular weight excluding hydrogens is 328 g/mol. The van der Waals surface area contributed by atoms with Crippen LogP contribution < -0.4 is 5.32 Å². The van der Waals surface area contributed by atoms with Gasteiger partial charge in [0.15, 0.2) is 11.9 Å². The minimum atomic E-state index is -1.02. The number of nitrogens with zero attached hydrogens (tertiary/aromatic N) is 2. The Kier molecular flexibility index (Phi) is 7.93. The van der Waals surface area contributed by atoms with E-state index in [0.717, 1.165) is 0 Å². The average Bonchev–Trinajstić information content (AvgIpc) is 2.97. The third-order valence-electron chi connectivity index (χ3n) is 3.36. The highest BCUT2D eigenvalue weighted by atomic mass is 16.5. The first-order valence-corrected chi connectivity index (χ1v) is 7.84. The summed E-state index contributed by atoms with van der Waals surface area (Å²) < 4.78 is 12.0. The van der Waals surface area contributed by atoms with Gasteiger partial charge in [-0.05, 0) is 20.3 Å². The van der Waals surface area contributed by atoms with Crippen LogP contribution in [0.15, 0.2) is 12.4 Å². The maximum Gasteiger partial charge on any atom is 0.328 e. The molecule has 9 heteroatoms. The van der Waals surface area contributed by atoms with Gasteiger partial charge in [-0.15, -0.1) is 0 Å². The smallest absolute Gasteiger partial charge is 0.328 e. The number of aromatic nitrogens is 2. The maximum atomic E-state index is 12.5. The summed E-state index contributed by atoms with van der Waals surface area (Å²) >= 11 is 0. The third-order valence-corrected chi connectivity index (χ3v) is 3.36. The highest BCUT2D eigenvalue weighted by molar-refractivity contribution is 6.26. The monoisotopic (exact) mass is 352 g/mol. The number of esters is 1. The van der Waals surface area contributed by atoms with Gasteiger partial charge in [-0.1, -0.05) is 0 Å². The molecule has 9 nitrogen and oxygen atoms in total. The second-order valence-electron chi connectivity index (χ2n) is 5.71. The predicted molar refractivity (Wildman–Crippen MR) is 89.1 cm³/mol. The summed E-state index contributed by atoms with van der Waals surface area (Å²) in [7, 11) is 3.08. The molecule has 0 unspecified atom stereocenters. The first-order valence-electron chi connectivity index (χ1n) is 7.84. The normalized spacial score (nSPS) is 13.2. The number of aryl methyl sites for hydroxylation is 1. The summed E-state index contributed by atoms with van der Waals surface area (Å²) in [5.74, 6) is -1.27. The fourth-order valence-electron chi connectivity index (χ4n) is 2.13. The molecule has 0 aromatic carbocycles. The summed E-state index contributed by atoms with van der Waals surface area (Å²) in [5, 5.41) is 9.47. The molecular formula is C16H24N4O5. The van der Waals surface area contributed by atoms with E-state index in [1.807, 2.05) is 0 Å². The van der Waals surface area contributed by atoms with Crippen molar-refractivity contribution in [1.82, 2.24) is 14.9 Å². The second kappa shape index (κ2) is 9.67. The van der Waals surface area contributed by atoms with E-state index in [4.69, 9.17) is 14.9 Å². The number of nitrogens with one attached hydrogen (secondary N) is 2. The Labute approximate surface area is 146 Å². The van der Waals surface area contributed by atoms with Crippen molar-refractivity contribution in [2.45, 2.75) is 44.9 Å². The average molecular weight is 352 g/mol. The molecule has 0 fully saturated rings. The second-order valence-corrected chi connectivity index (χ2v) is 5.71. The quantitative estimate of drug-likeness (QED) is 0.468. The molecule has 25 heavy (non-hydrogen) atoms. The van der Waals surface area contributed by atoms with Crippen molar-refractivity contribution in [2.24, 2.45) is 7.05 Å². The molecule has 138 valence electrons. The molecule has 1 heterocycles. The van der Waals surface area contributed by atoms with Gasteiger partial charge in [0.25, 0.3) is 5.91 Å². The molecule has 0 radical (unpaired) electrons. The number of amides is 1. The van der Waals surface area contributed by atoms with Crippen LogP contribution in [0.25, 0.3) is 0 Å². The van der Waals surface area contributed by atoms with Crippen LogP contribution >= 0.6 is 0 Å². The van der Waals surface area contributed by atoms with Gasteiger partial charge in [0.1, 0.15) is 11.9 Å². The van der Waals surface area contributed by atoms with E-state index in [1.165, 1.54) is 13.3 Å². The van der Waals surface area contributed by atoms with Crippen molar-refractivity contribution < 1.29 is 23.9 Å². The Morgan fingerprint density at radius 3 is 2.56 bits per heavy atom. The number of ketones is 1. The van der Waals surface area contributed by atoms with Crippen LogP contribution in [0.5, 0.6) is 0 Å². The van der Waals surface area contributed by atoms with Crippen molar-refractivity contribution in [2.75, 3.05) is 7.11 Å². The third kappa shape index (κ3) is 6.11. The van der Waals surface area contributed by atoms with Gasteiger partial charge in [0.05, 0.1) is 12.3 Å². The standard InChI is InChI=1S/C16H24N4O5/c1-10(2)25-16(23)12(6-5-11(21)9-17)19-15(22)13(24-4)14-18-7-8-20(14)3/h7-10,12-13,17H,5-6H2,1-4H3,(H,19,22)/t12-,13-/m0/s1. The first-order chi connectivity index (χ1) is 11.8. The number of hydrogen-bond acceptors (Lipinski definition) is 7. The zero-order valence-corrected chi connectivity index (χ0v) is 14.8. The number of hydrogen-bond donors (Lipinski definition) is 2. The van der Waals surface area contributed by atoms with Crippen molar-refractivity contribution >= 4 is 23.9 Å². The van der Waals surface area contributed by atoms with Crippen LogP contribution in [-0.2, 0) is 30.9 Å². The minimum absolute atomic E-state index is 0.0303. The number of imidazole rings is 1. The largest absolute Gasteiger partial charge is 0.461 e. The van der Waals surface area contributed by atoms with Crippen LogP contribution in [0.3, 0.4) is 0 Å². The number of carbonyl (C=O) groups excluding carboxylic acids is 3. The SMILES string of the molecule is CO[C@H](C(=O)N[C@@H](CCC(=O)C=N)C(=O)OC(C)C)c1nccn1C. The Morgan fingerprint density at radius 1 is 1.40 bits per heavy atom. The zero-order chi connectivity index (χ0) is 19.0. The Bertz CT molecular complexity index is 626. The van der Waals surface area contributed by atoms with Crippen molar-refractivity contribution in [3.05, 3.63) is 18.2 Å². The number of ether oxygens (including phenoxy) is 2. The number of rotatable bonds is 10. The van der Waals surface area contributed by atoms with Crippen LogP contribution in [-0.4, -0.2) is 52.7 Å². The molecule has 0 saturated heterocycles. The summed E-state index contributed by atoms with van der Waals surface area (Å²) in [4.78, 5) is 40.1. The highest BCUT2D eigenvalue weighted by Crippen LogP contribution is 2.15. The van der Waals surface area contributed by atoms with E-state index in [1.54, 1.807) is 31.7 Å². The number of carbonyl (C=O) groups is 3. The van der Waals surface area contributed by atoms with Crippen molar-refractivity contribution in [1.29, 1.82) is 5.41 Å². The molecule has 1 rings (SSSR count). The number of Topliss-reactive ketones (excluding diaryl/α,β-unsaturated/α-hetero) is 1. The Morgan fingerprint density at radius 2 is 2.08 bits per heavy atom. The topological polar surface area (TPSA) is 123 Å². The zero-order valence-electron chi connectivity index (χ0n) is 14.8. The van der Waals surface area contributed by atoms with Gasteiger partial charge < -0.3 is 24.8 Å². The lowest BCUT2D eigenvalue weighted by molar-refractivity contribution is -0.153. The minimum Gasteiger partial charge on any atom is -0.461 e. The van der Waals surface area contributed by atoms with Gasteiger partial charge in [-0.3, -0.25) is 9.59 Å². The lowest BCUT2D eigenvalue weighted by atomic mass is 10.1. The van der Waals surface area contributed by atoms with Gasteiger partial charge in [0.2, 0.25) is 0 Å². The van der Waals surface area contributed by atoms with E-state index in [0.29, 0.717) is 12.0 Å². The molecule has 0 aliphatic carbocycles. The fraction of sp³-hybridized carbons (Fsp3) is 0.562. The Hall–Kier alpha value is -2.55. The van der Waals surface area contributed by atoms with Crippen LogP contribution in [0, 0.1) is 5.41 Å². The molecule has 2 atom stereocenters. The first kappa shape index (κ1) is 20.5. The molecule has 0 saturated carbocycles. The molecule has 2 N–H and O–H groups in total. The van der Waals surface area contributed by atoms with E-state index in [9.17, 15) is 14.4 Å². The van der Waals surface area contributed by atoms with Crippen LogP contribution in [0.1, 0.15) is 38.6 Å². The molecule has 0 bridgehead atoms. The predicted octanol–water partition coefficient (Wildman–Crippen LogP) is 0.543. The summed E-state index contributed by atoms with van der Waals surface area (Å²) in [6, 6.07) is -1.02. The van der Waals surface area contributed by atoms with E-state index in [2.05, 4.69) is 10.3 Å². The molecule has 1 aromatic heterocycles. The summed E-state index contributed by atoms with van der Waals surface area (Å²) in [6.45, 7) is 3.37. The molecule has 1 amide bonds. The molecule has 0 aliphatic rings. The lowest BCUT2D eigenvalue weighted by Crippen LogP contribution is -2.45. The fourth-order valence-corrected chi connectivity index (χ4v) is 2.13. The van der Waals surface area contributed by atoms with Crippen molar-refractivity contribution in [3.63, 3.8) is 0 Å². The van der Waals surface area contributed by atoms with Gasteiger partial charge in [-0.2, -0.15) is 0 Å². The van der Waals surface area contributed by atoms with Crippen LogP contribution in [0.2, 0.25) is 0 Å². The summed E-state index contributed by atoms with van der Waals surface area (Å²) in [6.07, 6.45) is 2.48. The summed E-state index contributed by atoms with van der Waals surface area (Å²) in [5.41, 5.74) is 0. The highest BCUT2D eigenvalue weighted by Gasteiger charge is 2.30. The van der Waals surface area contributed by atoms with Crippen LogP contribution in [0.4, 0.5) is 0 Å². The Balaban J connectivity index is 2.88. The molecule has 0 aliphatic heterocycles. The number of methoxy groups -OCH3 is 1. The van der Waals surface area contributed by atoms with Gasteiger partial charge in [0, 0.05) is 33.0 Å². The molecule has 0 spiro atoms. The van der Waals surface area contributed by atoms with E-state index >= 15 is 0 Å². The van der Waals surface area contributed by atoms with E-state index < -0.39 is 29.8 Å². The lowest BCUT2D eigenvalue weighted by Gasteiger charge is -2.21.